The Morgan fingerprint density at radius 1 is 1.36 bits per heavy atom. The van der Waals surface area contributed by atoms with Gasteiger partial charge in [-0.25, -0.2) is 0 Å². The molecule has 0 aromatic rings. The fourth-order valence-electron chi connectivity index (χ4n) is 1.28. The number of phosphoric acid groups is 1. The van der Waals surface area contributed by atoms with Gasteiger partial charge < -0.3 is 18.9 Å². The minimum Gasteiger partial charge on any atom is -0.790 e. The van der Waals surface area contributed by atoms with E-state index in [1.54, 1.807) is 13.8 Å². The molecule has 0 spiro atoms. The van der Waals surface area contributed by atoms with Crippen LogP contribution in [0.3, 0.4) is 0 Å². The Morgan fingerprint density at radius 2 is 1.86 bits per heavy atom. The van der Waals surface area contributed by atoms with E-state index in [0.717, 1.165) is 12.8 Å². The lowest BCUT2D eigenvalue weighted by Crippen LogP contribution is -2.29. The van der Waals surface area contributed by atoms with Crippen LogP contribution >= 0.6 is 7.82 Å². The van der Waals surface area contributed by atoms with E-state index in [-0.39, 0.29) is 0 Å². The quantitative estimate of drug-likeness (QED) is 0.637. The molecule has 0 radical (unpaired) electrons. The summed E-state index contributed by atoms with van der Waals surface area (Å²) in [6.07, 6.45) is 2.46. The van der Waals surface area contributed by atoms with Gasteiger partial charge >= 0.3 is 0 Å². The van der Waals surface area contributed by atoms with Crippen molar-refractivity contribution in [2.24, 2.45) is 5.92 Å². The molecule has 0 N–H and O–H groups in total. The molecule has 0 aliphatic rings. The van der Waals surface area contributed by atoms with E-state index in [4.69, 9.17) is 0 Å². The van der Waals surface area contributed by atoms with Crippen LogP contribution in [0.4, 0.5) is 0 Å². The van der Waals surface area contributed by atoms with Gasteiger partial charge in [0.25, 0.3) is 0 Å². The molecule has 0 unspecified atom stereocenters. The van der Waals surface area contributed by atoms with Crippen molar-refractivity contribution in [3.05, 3.63) is 0 Å². The predicted octanol–water partition coefficient (Wildman–Crippen LogP) is 1.44. The Hall–Kier alpha value is 0.110. The maximum atomic E-state index is 10.4. The zero-order valence-corrected chi connectivity index (χ0v) is 10.2. The zero-order chi connectivity index (χ0) is 11.4. The number of hydrogen-bond acceptors (Lipinski definition) is 4. The van der Waals surface area contributed by atoms with E-state index in [0.29, 0.717) is 12.3 Å². The largest absolute Gasteiger partial charge is 0.790 e. The average Bonchev–Trinajstić information content (AvgIpc) is 1.78. The molecular formula is C9H19O4P-2. The van der Waals surface area contributed by atoms with E-state index in [1.807, 2.05) is 0 Å². The Bertz CT molecular complexity index is 207. The molecule has 86 valence electrons. The SMILES string of the molecule is CC(C)CCCC(C)(C)OP(=O)([O-])[O-]. The normalized spacial score (nSPS) is 13.6. The van der Waals surface area contributed by atoms with Gasteiger partial charge in [-0.2, -0.15) is 0 Å². The Morgan fingerprint density at radius 3 is 2.21 bits per heavy atom. The molecule has 0 aromatic carbocycles. The highest BCUT2D eigenvalue weighted by molar-refractivity contribution is 7.43. The lowest BCUT2D eigenvalue weighted by atomic mass is 9.98. The topological polar surface area (TPSA) is 72.4 Å². The van der Waals surface area contributed by atoms with Crippen LogP contribution in [0.2, 0.25) is 0 Å². The van der Waals surface area contributed by atoms with E-state index < -0.39 is 13.4 Å². The molecule has 4 nitrogen and oxygen atoms in total. The molecule has 0 saturated heterocycles. The van der Waals surface area contributed by atoms with Crippen molar-refractivity contribution >= 4 is 7.82 Å². The minimum atomic E-state index is -4.85. The smallest absolute Gasteiger partial charge is 0.0678 e. The molecular weight excluding hydrogens is 203 g/mol. The maximum absolute atomic E-state index is 10.4. The van der Waals surface area contributed by atoms with Crippen molar-refractivity contribution in [3.8, 4) is 0 Å². The van der Waals surface area contributed by atoms with Crippen LogP contribution in [0.25, 0.3) is 0 Å². The summed E-state index contributed by atoms with van der Waals surface area (Å²) in [5.41, 5.74) is -0.867. The third kappa shape index (κ3) is 8.70. The molecule has 0 rings (SSSR count). The maximum Gasteiger partial charge on any atom is 0.0678 e. The van der Waals surface area contributed by atoms with E-state index >= 15 is 0 Å². The van der Waals surface area contributed by atoms with Crippen LogP contribution in [0.1, 0.15) is 47.0 Å². The van der Waals surface area contributed by atoms with Gasteiger partial charge in [0.05, 0.1) is 13.4 Å². The summed E-state index contributed by atoms with van der Waals surface area (Å²) in [6.45, 7) is 7.44. The summed E-state index contributed by atoms with van der Waals surface area (Å²) in [6, 6.07) is 0. The zero-order valence-electron chi connectivity index (χ0n) is 9.28. The second-order valence-electron chi connectivity index (χ2n) is 4.58. The van der Waals surface area contributed by atoms with Crippen LogP contribution in [0.5, 0.6) is 0 Å². The van der Waals surface area contributed by atoms with Crippen LogP contribution in [-0.2, 0) is 9.09 Å². The molecule has 0 amide bonds. The monoisotopic (exact) mass is 222 g/mol. The van der Waals surface area contributed by atoms with Gasteiger partial charge in [-0.15, -0.1) is 0 Å². The number of rotatable bonds is 6. The second-order valence-corrected chi connectivity index (χ2v) is 5.66. The van der Waals surface area contributed by atoms with Crippen molar-refractivity contribution in [1.82, 2.24) is 0 Å². The third-order valence-electron chi connectivity index (χ3n) is 1.92. The van der Waals surface area contributed by atoms with Crippen molar-refractivity contribution in [1.29, 1.82) is 0 Å². The Labute approximate surface area is 85.9 Å². The molecule has 5 heteroatoms. The minimum absolute atomic E-state index is 0.581. The number of hydrogen-bond donors (Lipinski definition) is 0. The molecule has 0 fully saturated rings. The van der Waals surface area contributed by atoms with Gasteiger partial charge in [0.1, 0.15) is 0 Å². The van der Waals surface area contributed by atoms with E-state index in [2.05, 4.69) is 18.4 Å². The fraction of sp³-hybridized carbons (Fsp3) is 1.00. The molecule has 14 heavy (non-hydrogen) atoms. The summed E-state index contributed by atoms with van der Waals surface area (Å²) in [5, 5.41) is 0. The van der Waals surface area contributed by atoms with Crippen molar-refractivity contribution in [3.63, 3.8) is 0 Å². The molecule has 0 aliphatic heterocycles. The molecule has 0 atom stereocenters. The lowest BCUT2D eigenvalue weighted by Gasteiger charge is -2.38. The van der Waals surface area contributed by atoms with Gasteiger partial charge in [0.15, 0.2) is 0 Å². The van der Waals surface area contributed by atoms with Crippen molar-refractivity contribution in [2.75, 3.05) is 0 Å². The Balaban J connectivity index is 3.90. The highest BCUT2D eigenvalue weighted by Crippen LogP contribution is 2.35. The standard InChI is InChI=1S/C9H21O4P/c1-8(2)6-5-7-9(3,4)13-14(10,11)12/h8H,5-7H2,1-4H3,(H2,10,11,12)/p-2. The van der Waals surface area contributed by atoms with Gasteiger partial charge in [-0.3, -0.25) is 0 Å². The number of phosphoric ester groups is 1. The summed E-state index contributed by atoms with van der Waals surface area (Å²) in [4.78, 5) is 20.8. The molecule has 0 bridgehead atoms. The van der Waals surface area contributed by atoms with Crippen molar-refractivity contribution < 1.29 is 18.9 Å². The Kier molecular flexibility index (Phi) is 5.31. The second kappa shape index (κ2) is 5.26. The molecule has 0 heterocycles. The van der Waals surface area contributed by atoms with Gasteiger partial charge in [0.2, 0.25) is 0 Å². The van der Waals surface area contributed by atoms with Gasteiger partial charge in [-0.05, 0) is 26.2 Å². The highest BCUT2D eigenvalue weighted by atomic mass is 31.2. The summed E-state index contributed by atoms with van der Waals surface area (Å²) in [7, 11) is -4.85. The fourth-order valence-corrected chi connectivity index (χ4v) is 1.98. The highest BCUT2D eigenvalue weighted by Gasteiger charge is 2.19. The van der Waals surface area contributed by atoms with Crippen molar-refractivity contribution in [2.45, 2.75) is 52.6 Å². The first kappa shape index (κ1) is 14.1. The van der Waals surface area contributed by atoms with Crippen LogP contribution in [-0.4, -0.2) is 5.60 Å². The molecule has 0 saturated carbocycles. The first-order valence-corrected chi connectivity index (χ1v) is 6.31. The summed E-state index contributed by atoms with van der Waals surface area (Å²) < 4.78 is 14.8. The predicted molar refractivity (Wildman–Crippen MR) is 51.5 cm³/mol. The summed E-state index contributed by atoms with van der Waals surface area (Å²) in [5.74, 6) is 0.581. The average molecular weight is 222 g/mol. The van der Waals surface area contributed by atoms with Gasteiger partial charge in [-0.1, -0.05) is 26.7 Å². The van der Waals surface area contributed by atoms with Crippen LogP contribution in [0.15, 0.2) is 0 Å². The first-order valence-electron chi connectivity index (χ1n) is 4.85. The van der Waals surface area contributed by atoms with Gasteiger partial charge in [0, 0.05) is 0 Å². The molecule has 0 aromatic heterocycles. The van der Waals surface area contributed by atoms with Crippen LogP contribution in [0, 0.1) is 5.92 Å². The third-order valence-corrected chi connectivity index (χ3v) is 2.64. The lowest BCUT2D eigenvalue weighted by molar-refractivity contribution is -0.348. The molecule has 0 aliphatic carbocycles. The van der Waals surface area contributed by atoms with E-state index in [1.165, 1.54) is 0 Å². The first-order chi connectivity index (χ1) is 6.12. The van der Waals surface area contributed by atoms with Crippen LogP contribution < -0.4 is 9.79 Å². The summed E-state index contributed by atoms with van der Waals surface area (Å²) >= 11 is 0. The van der Waals surface area contributed by atoms with E-state index in [9.17, 15) is 14.4 Å².